The second-order valence-corrected chi connectivity index (χ2v) is 7.47. The summed E-state index contributed by atoms with van der Waals surface area (Å²) < 4.78 is 0. The summed E-state index contributed by atoms with van der Waals surface area (Å²) in [7, 11) is 0. The molecule has 4 heteroatoms. The van der Waals surface area contributed by atoms with Crippen LogP contribution in [0.3, 0.4) is 0 Å². The van der Waals surface area contributed by atoms with Crippen molar-refractivity contribution in [2.75, 3.05) is 6.54 Å². The highest BCUT2D eigenvalue weighted by Gasteiger charge is 2.42. The average Bonchev–Trinajstić information content (AvgIpc) is 3.11. The number of rotatable bonds is 4. The van der Waals surface area contributed by atoms with E-state index < -0.39 is 0 Å². The number of hydrogen-bond donors (Lipinski definition) is 2. The van der Waals surface area contributed by atoms with Gasteiger partial charge in [0.25, 0.3) is 0 Å². The highest BCUT2D eigenvalue weighted by atomic mass is 32.1. The highest BCUT2D eigenvalue weighted by Crippen LogP contribution is 2.38. The number of amides is 1. The van der Waals surface area contributed by atoms with Crippen LogP contribution < -0.4 is 10.6 Å². The van der Waals surface area contributed by atoms with E-state index in [0.29, 0.717) is 11.8 Å². The van der Waals surface area contributed by atoms with Crippen LogP contribution in [0.25, 0.3) is 0 Å². The number of carbonyl (C=O) groups excluding carboxylic acids is 1. The third-order valence-corrected chi connectivity index (χ3v) is 5.80. The molecule has 3 nitrogen and oxygen atoms in total. The topological polar surface area (TPSA) is 41.1 Å². The van der Waals surface area contributed by atoms with Gasteiger partial charge in [0, 0.05) is 4.88 Å². The SMILES string of the molecule is CC(C)C(NC(=O)C1NCC2CCCC21)c1cccs1. The number of hydrogen-bond acceptors (Lipinski definition) is 3. The molecule has 2 aliphatic rings. The van der Waals surface area contributed by atoms with Crippen molar-refractivity contribution in [3.05, 3.63) is 22.4 Å². The lowest BCUT2D eigenvalue weighted by Gasteiger charge is -2.25. The molecule has 2 heterocycles. The first kappa shape index (κ1) is 14.1. The molecule has 3 rings (SSSR count). The van der Waals surface area contributed by atoms with E-state index in [1.165, 1.54) is 24.1 Å². The molecule has 2 N–H and O–H groups in total. The van der Waals surface area contributed by atoms with Gasteiger partial charge in [-0.1, -0.05) is 26.3 Å². The fraction of sp³-hybridized carbons (Fsp3) is 0.688. The Balaban J connectivity index is 1.68. The van der Waals surface area contributed by atoms with Gasteiger partial charge in [0.1, 0.15) is 0 Å². The summed E-state index contributed by atoms with van der Waals surface area (Å²) in [4.78, 5) is 13.9. The molecule has 1 saturated heterocycles. The van der Waals surface area contributed by atoms with E-state index in [-0.39, 0.29) is 18.0 Å². The van der Waals surface area contributed by atoms with Crippen molar-refractivity contribution in [3.63, 3.8) is 0 Å². The van der Waals surface area contributed by atoms with Crippen LogP contribution >= 0.6 is 11.3 Å². The molecular weight excluding hydrogens is 268 g/mol. The minimum absolute atomic E-state index is 0.0312. The lowest BCUT2D eigenvalue weighted by Crippen LogP contribution is -2.45. The molecule has 1 saturated carbocycles. The lowest BCUT2D eigenvalue weighted by atomic mass is 9.93. The fourth-order valence-electron chi connectivity index (χ4n) is 3.75. The van der Waals surface area contributed by atoms with Gasteiger partial charge in [0.15, 0.2) is 0 Å². The molecule has 0 spiro atoms. The highest BCUT2D eigenvalue weighted by molar-refractivity contribution is 7.10. The van der Waals surface area contributed by atoms with Gasteiger partial charge in [-0.05, 0) is 48.6 Å². The second-order valence-electron chi connectivity index (χ2n) is 6.49. The Morgan fingerprint density at radius 3 is 3.00 bits per heavy atom. The average molecular weight is 292 g/mol. The van der Waals surface area contributed by atoms with Crippen molar-refractivity contribution in [3.8, 4) is 0 Å². The third-order valence-electron chi connectivity index (χ3n) is 4.84. The maximum Gasteiger partial charge on any atom is 0.237 e. The summed E-state index contributed by atoms with van der Waals surface area (Å²) in [5, 5.41) is 8.80. The molecule has 2 fully saturated rings. The molecule has 0 radical (unpaired) electrons. The Bertz CT molecular complexity index is 457. The van der Waals surface area contributed by atoms with E-state index >= 15 is 0 Å². The molecule has 4 atom stereocenters. The van der Waals surface area contributed by atoms with E-state index in [9.17, 15) is 4.79 Å². The first-order valence-corrected chi connectivity index (χ1v) is 8.62. The van der Waals surface area contributed by atoms with Gasteiger partial charge in [-0.25, -0.2) is 0 Å². The summed E-state index contributed by atoms with van der Waals surface area (Å²) in [5.74, 6) is 1.90. The fourth-order valence-corrected chi connectivity index (χ4v) is 4.70. The quantitative estimate of drug-likeness (QED) is 0.896. The molecule has 1 aromatic heterocycles. The summed E-state index contributed by atoms with van der Waals surface area (Å²) in [5.41, 5.74) is 0. The minimum atomic E-state index is 0.0312. The summed E-state index contributed by atoms with van der Waals surface area (Å²) in [6.45, 7) is 5.37. The zero-order valence-corrected chi connectivity index (χ0v) is 13.1. The van der Waals surface area contributed by atoms with Crippen LogP contribution in [0.1, 0.15) is 44.0 Å². The zero-order chi connectivity index (χ0) is 14.1. The molecule has 4 unspecified atom stereocenters. The van der Waals surface area contributed by atoms with E-state index in [4.69, 9.17) is 0 Å². The van der Waals surface area contributed by atoms with Crippen LogP contribution in [-0.2, 0) is 4.79 Å². The number of nitrogens with one attached hydrogen (secondary N) is 2. The van der Waals surface area contributed by atoms with Crippen LogP contribution in [0.5, 0.6) is 0 Å². The number of fused-ring (bicyclic) bond motifs is 1. The Labute approximate surface area is 125 Å². The van der Waals surface area contributed by atoms with Gasteiger partial charge in [-0.2, -0.15) is 0 Å². The first-order valence-electron chi connectivity index (χ1n) is 7.74. The van der Waals surface area contributed by atoms with Gasteiger partial charge >= 0.3 is 0 Å². The Kier molecular flexibility index (Phi) is 4.13. The Morgan fingerprint density at radius 1 is 1.45 bits per heavy atom. The van der Waals surface area contributed by atoms with E-state index in [1.807, 2.05) is 0 Å². The zero-order valence-electron chi connectivity index (χ0n) is 12.3. The van der Waals surface area contributed by atoms with Crippen molar-refractivity contribution < 1.29 is 4.79 Å². The van der Waals surface area contributed by atoms with Crippen LogP contribution in [0.15, 0.2) is 17.5 Å². The van der Waals surface area contributed by atoms with Gasteiger partial charge in [-0.15, -0.1) is 11.3 Å². The van der Waals surface area contributed by atoms with Crippen molar-refractivity contribution in [1.29, 1.82) is 0 Å². The standard InChI is InChI=1S/C16H24N2OS/c1-10(2)14(13-7-4-8-20-13)18-16(19)15-12-6-3-5-11(12)9-17-15/h4,7-8,10-12,14-15,17H,3,5-6,9H2,1-2H3,(H,18,19). The lowest BCUT2D eigenvalue weighted by molar-refractivity contribution is -0.124. The maximum atomic E-state index is 12.6. The Hall–Kier alpha value is -0.870. The van der Waals surface area contributed by atoms with Gasteiger partial charge in [0.2, 0.25) is 5.91 Å². The molecule has 20 heavy (non-hydrogen) atoms. The van der Waals surface area contributed by atoms with Crippen molar-refractivity contribution in [2.24, 2.45) is 17.8 Å². The minimum Gasteiger partial charge on any atom is -0.347 e. The molecule has 1 aromatic rings. The van der Waals surface area contributed by atoms with Gasteiger partial charge in [-0.3, -0.25) is 4.79 Å². The van der Waals surface area contributed by atoms with Crippen molar-refractivity contribution in [1.82, 2.24) is 10.6 Å². The predicted octanol–water partition coefficient (Wildman–Crippen LogP) is 2.95. The van der Waals surface area contributed by atoms with Crippen LogP contribution in [0, 0.1) is 17.8 Å². The summed E-state index contributed by atoms with van der Waals surface area (Å²) in [6, 6.07) is 4.35. The van der Waals surface area contributed by atoms with Gasteiger partial charge in [0.05, 0.1) is 12.1 Å². The van der Waals surface area contributed by atoms with E-state index in [2.05, 4.69) is 42.0 Å². The van der Waals surface area contributed by atoms with E-state index in [0.717, 1.165) is 12.5 Å². The molecule has 0 bridgehead atoms. The molecule has 110 valence electrons. The largest absolute Gasteiger partial charge is 0.347 e. The normalized spacial score (nSPS) is 30.4. The number of carbonyl (C=O) groups is 1. The summed E-state index contributed by atoms with van der Waals surface area (Å²) in [6.07, 6.45) is 3.79. The van der Waals surface area contributed by atoms with Crippen LogP contribution in [0.2, 0.25) is 0 Å². The number of thiophene rings is 1. The van der Waals surface area contributed by atoms with Crippen molar-refractivity contribution >= 4 is 17.2 Å². The maximum absolute atomic E-state index is 12.6. The molecule has 1 amide bonds. The van der Waals surface area contributed by atoms with Crippen molar-refractivity contribution in [2.45, 2.75) is 45.2 Å². The molecule has 1 aliphatic carbocycles. The smallest absolute Gasteiger partial charge is 0.237 e. The molecule has 0 aromatic carbocycles. The third kappa shape index (κ3) is 2.63. The van der Waals surface area contributed by atoms with Gasteiger partial charge < -0.3 is 10.6 Å². The van der Waals surface area contributed by atoms with Crippen LogP contribution in [0.4, 0.5) is 0 Å². The van der Waals surface area contributed by atoms with Crippen LogP contribution in [-0.4, -0.2) is 18.5 Å². The first-order chi connectivity index (χ1) is 9.66. The Morgan fingerprint density at radius 2 is 2.30 bits per heavy atom. The summed E-state index contributed by atoms with van der Waals surface area (Å²) >= 11 is 1.73. The predicted molar refractivity (Wildman–Crippen MR) is 82.7 cm³/mol. The molecular formula is C16H24N2OS. The molecule has 1 aliphatic heterocycles. The second kappa shape index (κ2) is 5.86. The van der Waals surface area contributed by atoms with E-state index in [1.54, 1.807) is 11.3 Å². The monoisotopic (exact) mass is 292 g/mol.